The first kappa shape index (κ1) is 12.2. The Morgan fingerprint density at radius 3 is 2.61 bits per heavy atom. The van der Waals surface area contributed by atoms with Crippen LogP contribution in [0.25, 0.3) is 0 Å². The molecular formula is C14H19NO2S. The third-order valence-electron chi connectivity index (χ3n) is 4.61. The van der Waals surface area contributed by atoms with E-state index in [9.17, 15) is 8.42 Å². The van der Waals surface area contributed by atoms with Crippen molar-refractivity contribution in [1.29, 1.82) is 0 Å². The van der Waals surface area contributed by atoms with Crippen LogP contribution >= 0.6 is 0 Å². The highest BCUT2D eigenvalue weighted by molar-refractivity contribution is 7.91. The summed E-state index contributed by atoms with van der Waals surface area (Å²) in [5.41, 5.74) is 8.09. The minimum Gasteiger partial charge on any atom is -0.330 e. The Balaban J connectivity index is 2.10. The molecule has 1 aliphatic heterocycles. The van der Waals surface area contributed by atoms with E-state index in [2.05, 4.69) is 6.07 Å². The number of aryl methyl sites for hydroxylation is 1. The molecule has 0 aromatic heterocycles. The zero-order chi connectivity index (χ0) is 12.8. The van der Waals surface area contributed by atoms with Crippen LogP contribution in [-0.2, 0) is 21.7 Å². The zero-order valence-corrected chi connectivity index (χ0v) is 11.3. The molecule has 1 aromatic carbocycles. The number of hydrogen-bond acceptors (Lipinski definition) is 3. The van der Waals surface area contributed by atoms with Gasteiger partial charge in [-0.1, -0.05) is 25.0 Å². The van der Waals surface area contributed by atoms with Crippen LogP contribution in [-0.4, -0.2) is 20.7 Å². The number of rotatable bonds is 2. The predicted molar refractivity (Wildman–Crippen MR) is 71.4 cm³/mol. The second kappa shape index (κ2) is 4.07. The zero-order valence-electron chi connectivity index (χ0n) is 10.5. The number of hydrogen-bond donors (Lipinski definition) is 1. The van der Waals surface area contributed by atoms with Crippen LogP contribution in [0, 0.1) is 0 Å². The average molecular weight is 265 g/mol. The fourth-order valence-electron chi connectivity index (χ4n) is 3.40. The molecule has 1 heterocycles. The Morgan fingerprint density at radius 1 is 1.22 bits per heavy atom. The van der Waals surface area contributed by atoms with Crippen molar-refractivity contribution in [3.8, 4) is 0 Å². The molecule has 3 rings (SSSR count). The molecule has 1 fully saturated rings. The first-order chi connectivity index (χ1) is 8.57. The van der Waals surface area contributed by atoms with Crippen molar-refractivity contribution < 1.29 is 8.42 Å². The van der Waals surface area contributed by atoms with Gasteiger partial charge in [0, 0.05) is 12.0 Å². The van der Waals surface area contributed by atoms with Gasteiger partial charge in [0.15, 0.2) is 9.84 Å². The lowest BCUT2D eigenvalue weighted by atomic mass is 9.79. The van der Waals surface area contributed by atoms with Crippen molar-refractivity contribution in [3.63, 3.8) is 0 Å². The van der Waals surface area contributed by atoms with Crippen LogP contribution in [0.4, 0.5) is 0 Å². The van der Waals surface area contributed by atoms with Gasteiger partial charge in [0.2, 0.25) is 0 Å². The van der Waals surface area contributed by atoms with Gasteiger partial charge in [-0.15, -0.1) is 0 Å². The van der Waals surface area contributed by atoms with Crippen LogP contribution in [0.3, 0.4) is 0 Å². The second-order valence-electron chi connectivity index (χ2n) is 5.58. The number of sulfone groups is 1. The SMILES string of the molecule is NCC1(c2ccc3c(c2)S(=O)(=O)CC3)CCCC1. The van der Waals surface area contributed by atoms with E-state index in [-0.39, 0.29) is 11.2 Å². The average Bonchev–Trinajstić information content (AvgIpc) is 2.96. The van der Waals surface area contributed by atoms with E-state index in [1.165, 1.54) is 12.8 Å². The molecule has 1 saturated carbocycles. The van der Waals surface area contributed by atoms with Gasteiger partial charge in [-0.2, -0.15) is 0 Å². The molecule has 0 bridgehead atoms. The summed E-state index contributed by atoms with van der Waals surface area (Å²) < 4.78 is 24.0. The van der Waals surface area contributed by atoms with Crippen LogP contribution in [0.1, 0.15) is 36.8 Å². The van der Waals surface area contributed by atoms with E-state index in [0.29, 0.717) is 17.9 Å². The summed E-state index contributed by atoms with van der Waals surface area (Å²) >= 11 is 0. The Kier molecular flexibility index (Phi) is 2.75. The maximum atomic E-state index is 12.0. The van der Waals surface area contributed by atoms with Crippen molar-refractivity contribution in [2.24, 2.45) is 5.73 Å². The lowest BCUT2D eigenvalue weighted by Gasteiger charge is -2.28. The van der Waals surface area contributed by atoms with E-state index in [1.54, 1.807) is 0 Å². The Morgan fingerprint density at radius 2 is 1.94 bits per heavy atom. The molecule has 4 heteroatoms. The third kappa shape index (κ3) is 1.70. The minimum atomic E-state index is -3.03. The Hall–Kier alpha value is -0.870. The quantitative estimate of drug-likeness (QED) is 0.887. The van der Waals surface area contributed by atoms with E-state index < -0.39 is 9.84 Å². The molecule has 98 valence electrons. The molecule has 0 atom stereocenters. The van der Waals surface area contributed by atoms with E-state index in [1.807, 2.05) is 12.1 Å². The second-order valence-corrected chi connectivity index (χ2v) is 7.66. The first-order valence-corrected chi connectivity index (χ1v) is 8.29. The van der Waals surface area contributed by atoms with Gasteiger partial charge in [-0.25, -0.2) is 8.42 Å². The number of fused-ring (bicyclic) bond motifs is 1. The summed E-state index contributed by atoms with van der Waals surface area (Å²) in [7, 11) is -3.03. The molecule has 0 radical (unpaired) electrons. The summed E-state index contributed by atoms with van der Waals surface area (Å²) in [5.74, 6) is 0.265. The molecule has 18 heavy (non-hydrogen) atoms. The largest absolute Gasteiger partial charge is 0.330 e. The monoisotopic (exact) mass is 265 g/mol. The van der Waals surface area contributed by atoms with E-state index >= 15 is 0 Å². The standard InChI is InChI=1S/C14H19NO2S/c15-10-14(6-1-2-7-14)12-4-3-11-5-8-18(16,17)13(11)9-12/h3-4,9H,1-2,5-8,10,15H2. The van der Waals surface area contributed by atoms with E-state index in [0.717, 1.165) is 24.0 Å². The summed E-state index contributed by atoms with van der Waals surface area (Å²) in [6.45, 7) is 0.617. The lowest BCUT2D eigenvalue weighted by Crippen LogP contribution is -2.32. The van der Waals surface area contributed by atoms with Crippen molar-refractivity contribution >= 4 is 9.84 Å². The van der Waals surface area contributed by atoms with Crippen molar-refractivity contribution in [1.82, 2.24) is 0 Å². The van der Waals surface area contributed by atoms with Crippen LogP contribution in [0.5, 0.6) is 0 Å². The minimum absolute atomic E-state index is 0.0210. The maximum absolute atomic E-state index is 12.0. The first-order valence-electron chi connectivity index (χ1n) is 6.64. The topological polar surface area (TPSA) is 60.2 Å². The van der Waals surface area contributed by atoms with Gasteiger partial charge < -0.3 is 5.73 Å². The van der Waals surface area contributed by atoms with Gasteiger partial charge in [-0.3, -0.25) is 0 Å². The lowest BCUT2D eigenvalue weighted by molar-refractivity contribution is 0.452. The molecule has 1 aromatic rings. The summed E-state index contributed by atoms with van der Waals surface area (Å²) in [5, 5.41) is 0. The highest BCUT2D eigenvalue weighted by Gasteiger charge is 2.36. The normalized spacial score (nSPS) is 24.1. The molecule has 0 amide bonds. The van der Waals surface area contributed by atoms with Gasteiger partial charge in [-0.05, 0) is 36.5 Å². The highest BCUT2D eigenvalue weighted by Crippen LogP contribution is 2.42. The molecule has 1 aliphatic carbocycles. The molecule has 2 aliphatic rings. The fraction of sp³-hybridized carbons (Fsp3) is 0.571. The number of nitrogens with two attached hydrogens (primary N) is 1. The van der Waals surface area contributed by atoms with Crippen LogP contribution in [0.2, 0.25) is 0 Å². The van der Waals surface area contributed by atoms with Crippen molar-refractivity contribution in [2.45, 2.75) is 42.4 Å². The summed E-state index contributed by atoms with van der Waals surface area (Å²) in [4.78, 5) is 0.555. The third-order valence-corrected chi connectivity index (χ3v) is 6.40. The number of benzene rings is 1. The molecule has 0 saturated heterocycles. The van der Waals surface area contributed by atoms with Crippen LogP contribution in [0.15, 0.2) is 23.1 Å². The highest BCUT2D eigenvalue weighted by atomic mass is 32.2. The van der Waals surface area contributed by atoms with Crippen molar-refractivity contribution in [3.05, 3.63) is 29.3 Å². The smallest absolute Gasteiger partial charge is 0.178 e. The summed E-state index contributed by atoms with van der Waals surface area (Å²) in [6, 6.07) is 5.98. The molecular weight excluding hydrogens is 246 g/mol. The molecule has 2 N–H and O–H groups in total. The fourth-order valence-corrected chi connectivity index (χ4v) is 4.98. The summed E-state index contributed by atoms with van der Waals surface area (Å²) in [6.07, 6.45) is 5.22. The van der Waals surface area contributed by atoms with Crippen molar-refractivity contribution in [2.75, 3.05) is 12.3 Å². The van der Waals surface area contributed by atoms with Gasteiger partial charge in [0.1, 0.15) is 0 Å². The predicted octanol–water partition coefficient (Wildman–Crippen LogP) is 1.79. The molecule has 0 unspecified atom stereocenters. The molecule has 0 spiro atoms. The van der Waals surface area contributed by atoms with Gasteiger partial charge >= 0.3 is 0 Å². The maximum Gasteiger partial charge on any atom is 0.178 e. The van der Waals surface area contributed by atoms with Crippen LogP contribution < -0.4 is 5.73 Å². The van der Waals surface area contributed by atoms with Gasteiger partial charge in [0.25, 0.3) is 0 Å². The van der Waals surface area contributed by atoms with E-state index in [4.69, 9.17) is 5.73 Å². The Labute approximate surface area is 108 Å². The van der Waals surface area contributed by atoms with Gasteiger partial charge in [0.05, 0.1) is 10.6 Å². The molecule has 3 nitrogen and oxygen atoms in total. The Bertz CT molecular complexity index is 571.